The maximum Gasteiger partial charge on any atom is 0.239 e. The fourth-order valence-corrected chi connectivity index (χ4v) is 1.94. The number of nitrogens with zero attached hydrogens (tertiary/aromatic N) is 1. The Morgan fingerprint density at radius 1 is 1.50 bits per heavy atom. The summed E-state index contributed by atoms with van der Waals surface area (Å²) in [6.45, 7) is 2.36. The number of aliphatic hydroxyl groups is 1. The molecule has 0 radical (unpaired) electrons. The molecule has 2 N–H and O–H groups in total. The molecule has 1 saturated heterocycles. The monoisotopic (exact) mass is 230 g/mol. The minimum atomic E-state index is -0.0721. The number of hydrogen-bond acceptors (Lipinski definition) is 4. The van der Waals surface area contributed by atoms with Gasteiger partial charge in [0.15, 0.2) is 0 Å². The first-order chi connectivity index (χ1) is 7.79. The maximum absolute atomic E-state index is 12.1. The minimum absolute atomic E-state index is 0.00216. The zero-order valence-corrected chi connectivity index (χ0v) is 9.95. The molecule has 1 aliphatic rings. The molecule has 1 amide bonds. The average Bonchev–Trinajstić information content (AvgIpc) is 2.35. The molecule has 1 rings (SSSR count). The van der Waals surface area contributed by atoms with Crippen LogP contribution in [-0.2, 0) is 9.53 Å². The van der Waals surface area contributed by atoms with Gasteiger partial charge < -0.3 is 20.1 Å². The molecule has 94 valence electrons. The number of aliphatic hydroxyl groups excluding tert-OH is 1. The third kappa shape index (κ3) is 4.08. The lowest BCUT2D eigenvalue weighted by Gasteiger charge is -2.29. The molecule has 1 fully saturated rings. The van der Waals surface area contributed by atoms with Crippen LogP contribution in [0.3, 0.4) is 0 Å². The molecular weight excluding hydrogens is 208 g/mol. The highest BCUT2D eigenvalue weighted by atomic mass is 16.5. The van der Waals surface area contributed by atoms with Gasteiger partial charge in [-0.05, 0) is 19.4 Å². The molecule has 5 heteroatoms. The van der Waals surface area contributed by atoms with E-state index in [0.717, 1.165) is 25.8 Å². The van der Waals surface area contributed by atoms with E-state index in [0.29, 0.717) is 19.7 Å². The van der Waals surface area contributed by atoms with Gasteiger partial charge in [0.25, 0.3) is 0 Å². The molecule has 0 aliphatic carbocycles. The smallest absolute Gasteiger partial charge is 0.239 e. The van der Waals surface area contributed by atoms with E-state index in [1.165, 1.54) is 0 Å². The van der Waals surface area contributed by atoms with Gasteiger partial charge in [-0.25, -0.2) is 0 Å². The van der Waals surface area contributed by atoms with Gasteiger partial charge in [-0.15, -0.1) is 0 Å². The van der Waals surface area contributed by atoms with Crippen molar-refractivity contribution in [2.24, 2.45) is 0 Å². The van der Waals surface area contributed by atoms with Crippen LogP contribution in [0.25, 0.3) is 0 Å². The van der Waals surface area contributed by atoms with Crippen LogP contribution in [0.2, 0.25) is 0 Å². The van der Waals surface area contributed by atoms with Gasteiger partial charge >= 0.3 is 0 Å². The molecule has 0 aromatic rings. The quantitative estimate of drug-likeness (QED) is 0.651. The number of carbonyl (C=O) groups excluding carboxylic acids is 1. The van der Waals surface area contributed by atoms with Crippen LogP contribution in [0.1, 0.15) is 19.3 Å². The Bertz CT molecular complexity index is 205. The maximum atomic E-state index is 12.1. The SMILES string of the molecule is COCCN(CCO)C(=O)C1CCCCN1. The second-order valence-electron chi connectivity index (χ2n) is 4.04. The fraction of sp³-hybridized carbons (Fsp3) is 0.909. The summed E-state index contributed by atoms with van der Waals surface area (Å²) < 4.78 is 4.96. The first kappa shape index (κ1) is 13.4. The molecule has 0 bridgehead atoms. The lowest BCUT2D eigenvalue weighted by atomic mass is 10.0. The second kappa shape index (κ2) is 7.60. The molecule has 1 unspecified atom stereocenters. The number of hydrogen-bond donors (Lipinski definition) is 2. The Labute approximate surface area is 96.8 Å². The van der Waals surface area contributed by atoms with Crippen LogP contribution in [0, 0.1) is 0 Å². The van der Waals surface area contributed by atoms with Crippen LogP contribution in [0.5, 0.6) is 0 Å². The Balaban J connectivity index is 2.44. The molecular formula is C11H22N2O3. The summed E-state index contributed by atoms with van der Waals surface area (Å²) in [5.41, 5.74) is 0. The highest BCUT2D eigenvalue weighted by Crippen LogP contribution is 2.09. The normalized spacial score (nSPS) is 20.8. The second-order valence-corrected chi connectivity index (χ2v) is 4.04. The lowest BCUT2D eigenvalue weighted by molar-refractivity contribution is -0.135. The van der Waals surface area contributed by atoms with E-state index >= 15 is 0 Å². The summed E-state index contributed by atoms with van der Waals surface area (Å²) in [4.78, 5) is 13.8. The molecule has 0 aromatic heterocycles. The number of amides is 1. The molecule has 1 atom stereocenters. The Morgan fingerprint density at radius 3 is 2.88 bits per heavy atom. The van der Waals surface area contributed by atoms with Gasteiger partial charge in [-0.1, -0.05) is 6.42 Å². The van der Waals surface area contributed by atoms with Crippen molar-refractivity contribution < 1.29 is 14.6 Å². The standard InChI is InChI=1S/C11H22N2O3/c1-16-9-7-13(6-8-14)11(15)10-4-2-3-5-12-10/h10,12,14H,2-9H2,1H3. The number of piperidine rings is 1. The first-order valence-electron chi connectivity index (χ1n) is 5.91. The van der Waals surface area contributed by atoms with E-state index < -0.39 is 0 Å². The molecule has 16 heavy (non-hydrogen) atoms. The zero-order chi connectivity index (χ0) is 11.8. The minimum Gasteiger partial charge on any atom is -0.395 e. The number of rotatable bonds is 6. The lowest BCUT2D eigenvalue weighted by Crippen LogP contribution is -2.50. The summed E-state index contributed by atoms with van der Waals surface area (Å²) in [7, 11) is 1.61. The van der Waals surface area contributed by atoms with E-state index in [-0.39, 0.29) is 18.6 Å². The molecule has 1 aliphatic heterocycles. The predicted octanol–water partition coefficient (Wildman–Crippen LogP) is -0.404. The van der Waals surface area contributed by atoms with Crippen LogP contribution in [0.15, 0.2) is 0 Å². The van der Waals surface area contributed by atoms with Gasteiger partial charge in [-0.2, -0.15) is 0 Å². The van der Waals surface area contributed by atoms with Gasteiger partial charge in [0.2, 0.25) is 5.91 Å². The highest BCUT2D eigenvalue weighted by molar-refractivity contribution is 5.82. The summed E-state index contributed by atoms with van der Waals surface area (Å²) in [5, 5.41) is 12.1. The van der Waals surface area contributed by atoms with Crippen molar-refractivity contribution in [3.8, 4) is 0 Å². The van der Waals surface area contributed by atoms with Crippen LogP contribution in [0.4, 0.5) is 0 Å². The number of carbonyl (C=O) groups is 1. The summed E-state index contributed by atoms with van der Waals surface area (Å²) in [6, 6.07) is -0.0721. The molecule has 0 saturated carbocycles. The van der Waals surface area contributed by atoms with Crippen molar-refractivity contribution >= 4 is 5.91 Å². The van der Waals surface area contributed by atoms with Crippen molar-refractivity contribution in [2.45, 2.75) is 25.3 Å². The third-order valence-corrected chi connectivity index (χ3v) is 2.86. The van der Waals surface area contributed by atoms with Crippen LogP contribution < -0.4 is 5.32 Å². The number of methoxy groups -OCH3 is 1. The van der Waals surface area contributed by atoms with Crippen molar-refractivity contribution in [3.63, 3.8) is 0 Å². The van der Waals surface area contributed by atoms with Gasteiger partial charge in [0, 0.05) is 20.2 Å². The van der Waals surface area contributed by atoms with E-state index in [4.69, 9.17) is 9.84 Å². The number of ether oxygens (including phenoxy) is 1. The molecule has 5 nitrogen and oxygen atoms in total. The van der Waals surface area contributed by atoms with Crippen LogP contribution in [-0.4, -0.2) is 61.9 Å². The number of nitrogens with one attached hydrogen (secondary N) is 1. The highest BCUT2D eigenvalue weighted by Gasteiger charge is 2.24. The fourth-order valence-electron chi connectivity index (χ4n) is 1.94. The third-order valence-electron chi connectivity index (χ3n) is 2.86. The largest absolute Gasteiger partial charge is 0.395 e. The van der Waals surface area contributed by atoms with Crippen molar-refractivity contribution in [1.29, 1.82) is 0 Å². The molecule has 0 aromatic carbocycles. The summed E-state index contributed by atoms with van der Waals surface area (Å²) >= 11 is 0. The van der Waals surface area contributed by atoms with E-state index in [2.05, 4.69) is 5.32 Å². The van der Waals surface area contributed by atoms with Crippen molar-refractivity contribution in [3.05, 3.63) is 0 Å². The summed E-state index contributed by atoms with van der Waals surface area (Å²) in [5.74, 6) is 0.0887. The van der Waals surface area contributed by atoms with E-state index in [9.17, 15) is 4.79 Å². The predicted molar refractivity (Wildman–Crippen MR) is 61.2 cm³/mol. The Hall–Kier alpha value is -0.650. The zero-order valence-electron chi connectivity index (χ0n) is 9.95. The van der Waals surface area contributed by atoms with Crippen molar-refractivity contribution in [2.75, 3.05) is 40.0 Å². The summed E-state index contributed by atoms with van der Waals surface area (Å²) in [6.07, 6.45) is 3.14. The van der Waals surface area contributed by atoms with Gasteiger partial charge in [-0.3, -0.25) is 4.79 Å². The van der Waals surface area contributed by atoms with E-state index in [1.54, 1.807) is 12.0 Å². The van der Waals surface area contributed by atoms with Crippen LogP contribution >= 0.6 is 0 Å². The first-order valence-corrected chi connectivity index (χ1v) is 5.91. The van der Waals surface area contributed by atoms with E-state index in [1.807, 2.05) is 0 Å². The molecule has 0 spiro atoms. The van der Waals surface area contributed by atoms with Gasteiger partial charge in [0.05, 0.1) is 19.3 Å². The Kier molecular flexibility index (Phi) is 6.37. The van der Waals surface area contributed by atoms with Crippen molar-refractivity contribution in [1.82, 2.24) is 10.2 Å². The molecule has 1 heterocycles. The average molecular weight is 230 g/mol. The topological polar surface area (TPSA) is 61.8 Å². The van der Waals surface area contributed by atoms with Gasteiger partial charge in [0.1, 0.15) is 0 Å². The Morgan fingerprint density at radius 2 is 2.31 bits per heavy atom.